The van der Waals surface area contributed by atoms with Crippen LogP contribution in [0.2, 0.25) is 5.02 Å². The second kappa shape index (κ2) is 7.09. The van der Waals surface area contributed by atoms with Gasteiger partial charge in [-0.25, -0.2) is 0 Å². The largest absolute Gasteiger partial charge is 0.481 e. The molecule has 1 N–H and O–H groups in total. The summed E-state index contributed by atoms with van der Waals surface area (Å²) < 4.78 is 1.14. The number of rotatable bonds is 5. The van der Waals surface area contributed by atoms with Crippen LogP contribution in [0.4, 0.5) is 0 Å². The maximum atomic E-state index is 11.4. The number of hydrogen-bond acceptors (Lipinski definition) is 1. The molecule has 0 aromatic heterocycles. The summed E-state index contributed by atoms with van der Waals surface area (Å²) in [6, 6.07) is 15.3. The molecule has 0 aliphatic carbocycles. The number of carboxylic acid groups (broad SMARTS) is 1. The maximum Gasteiger partial charge on any atom is 0.307 e. The molecule has 104 valence electrons. The van der Waals surface area contributed by atoms with Gasteiger partial charge in [-0.1, -0.05) is 41.9 Å². The third-order valence-corrected chi connectivity index (χ3v) is 4.26. The fourth-order valence-electron chi connectivity index (χ4n) is 2.08. The van der Waals surface area contributed by atoms with Crippen LogP contribution in [0.5, 0.6) is 0 Å². The maximum absolute atomic E-state index is 11.4. The average Bonchev–Trinajstić information content (AvgIpc) is 2.42. The van der Waals surface area contributed by atoms with Gasteiger partial charge in [-0.2, -0.15) is 0 Å². The van der Waals surface area contributed by atoms with Crippen molar-refractivity contribution in [2.24, 2.45) is 5.92 Å². The lowest BCUT2D eigenvalue weighted by Gasteiger charge is -2.13. The fraction of sp³-hybridized carbons (Fsp3) is 0.188. The minimum absolute atomic E-state index is 0.445. The first kappa shape index (κ1) is 15.3. The predicted molar refractivity (Wildman–Crippen MR) is 89.1 cm³/mol. The standard InChI is InChI=1S/C16H14ClIO2/c17-15-4-2-1-3-12(15)10-13(16(19)20)9-11-5-7-14(18)8-6-11/h1-8,13H,9-10H2,(H,19,20). The van der Waals surface area contributed by atoms with Crippen LogP contribution in [0.25, 0.3) is 0 Å². The molecule has 0 fully saturated rings. The zero-order chi connectivity index (χ0) is 14.5. The molecule has 2 rings (SSSR count). The molecule has 0 amide bonds. The van der Waals surface area contributed by atoms with Gasteiger partial charge in [-0.15, -0.1) is 0 Å². The summed E-state index contributed by atoms with van der Waals surface area (Å²) in [6.07, 6.45) is 0.957. The van der Waals surface area contributed by atoms with Crippen LogP contribution in [-0.4, -0.2) is 11.1 Å². The van der Waals surface area contributed by atoms with E-state index in [1.807, 2.05) is 42.5 Å². The fourth-order valence-corrected chi connectivity index (χ4v) is 2.65. The molecule has 0 saturated heterocycles. The lowest BCUT2D eigenvalue weighted by Crippen LogP contribution is -2.19. The number of benzene rings is 2. The highest BCUT2D eigenvalue weighted by Crippen LogP contribution is 2.21. The van der Waals surface area contributed by atoms with Crippen molar-refractivity contribution in [3.05, 3.63) is 68.3 Å². The van der Waals surface area contributed by atoms with E-state index in [1.165, 1.54) is 0 Å². The number of halogens is 2. The topological polar surface area (TPSA) is 37.3 Å². The van der Waals surface area contributed by atoms with Crippen molar-refractivity contribution in [3.63, 3.8) is 0 Å². The van der Waals surface area contributed by atoms with Crippen LogP contribution in [-0.2, 0) is 17.6 Å². The van der Waals surface area contributed by atoms with Crippen molar-refractivity contribution in [1.82, 2.24) is 0 Å². The Morgan fingerprint density at radius 2 is 1.75 bits per heavy atom. The van der Waals surface area contributed by atoms with Gasteiger partial charge in [-0.3, -0.25) is 4.79 Å². The van der Waals surface area contributed by atoms with Gasteiger partial charge in [-0.05, 0) is 64.8 Å². The van der Waals surface area contributed by atoms with E-state index < -0.39 is 11.9 Å². The molecule has 0 aliphatic heterocycles. The molecule has 4 heteroatoms. The Morgan fingerprint density at radius 1 is 1.10 bits per heavy atom. The monoisotopic (exact) mass is 400 g/mol. The van der Waals surface area contributed by atoms with E-state index in [4.69, 9.17) is 11.6 Å². The van der Waals surface area contributed by atoms with E-state index in [9.17, 15) is 9.90 Å². The van der Waals surface area contributed by atoms with Crippen LogP contribution in [0.15, 0.2) is 48.5 Å². The first-order valence-electron chi connectivity index (χ1n) is 6.27. The molecule has 2 aromatic rings. The van der Waals surface area contributed by atoms with Gasteiger partial charge in [0.15, 0.2) is 0 Å². The predicted octanol–water partition coefficient (Wildman–Crippen LogP) is 4.43. The second-order valence-corrected chi connectivity index (χ2v) is 6.31. The molecule has 2 aromatic carbocycles. The second-order valence-electron chi connectivity index (χ2n) is 4.66. The molecule has 0 spiro atoms. The van der Waals surface area contributed by atoms with E-state index in [-0.39, 0.29) is 0 Å². The Balaban J connectivity index is 2.14. The van der Waals surface area contributed by atoms with Crippen LogP contribution in [0.3, 0.4) is 0 Å². The van der Waals surface area contributed by atoms with E-state index in [0.717, 1.165) is 14.7 Å². The molecule has 0 heterocycles. The molecular formula is C16H14ClIO2. The molecule has 0 bridgehead atoms. The van der Waals surface area contributed by atoms with Gasteiger partial charge in [0.25, 0.3) is 0 Å². The number of aliphatic carboxylic acids is 1. The minimum atomic E-state index is -0.788. The van der Waals surface area contributed by atoms with Crippen LogP contribution < -0.4 is 0 Å². The van der Waals surface area contributed by atoms with E-state index in [2.05, 4.69) is 22.6 Å². The van der Waals surface area contributed by atoms with E-state index in [0.29, 0.717) is 17.9 Å². The third kappa shape index (κ3) is 4.21. The molecule has 2 nitrogen and oxygen atoms in total. The van der Waals surface area contributed by atoms with Crippen LogP contribution in [0, 0.1) is 9.49 Å². The van der Waals surface area contributed by atoms with Gasteiger partial charge in [0, 0.05) is 8.59 Å². The average molecular weight is 401 g/mol. The number of carboxylic acids is 1. The smallest absolute Gasteiger partial charge is 0.307 e. The van der Waals surface area contributed by atoms with Crippen molar-refractivity contribution in [2.45, 2.75) is 12.8 Å². The van der Waals surface area contributed by atoms with Gasteiger partial charge in [0.05, 0.1) is 5.92 Å². The Hall–Kier alpha value is -1.07. The van der Waals surface area contributed by atoms with Crippen LogP contribution >= 0.6 is 34.2 Å². The van der Waals surface area contributed by atoms with Gasteiger partial charge < -0.3 is 5.11 Å². The zero-order valence-electron chi connectivity index (χ0n) is 10.7. The summed E-state index contributed by atoms with van der Waals surface area (Å²) in [7, 11) is 0. The Labute approximate surface area is 136 Å². The molecule has 0 aliphatic rings. The van der Waals surface area contributed by atoms with Crippen molar-refractivity contribution in [3.8, 4) is 0 Å². The van der Waals surface area contributed by atoms with Crippen molar-refractivity contribution < 1.29 is 9.90 Å². The van der Waals surface area contributed by atoms with Crippen LogP contribution in [0.1, 0.15) is 11.1 Å². The summed E-state index contributed by atoms with van der Waals surface area (Å²) in [5.41, 5.74) is 1.91. The molecule has 0 radical (unpaired) electrons. The SMILES string of the molecule is O=C(O)C(Cc1ccc(I)cc1)Cc1ccccc1Cl. The minimum Gasteiger partial charge on any atom is -0.481 e. The summed E-state index contributed by atoms with van der Waals surface area (Å²) in [5, 5.41) is 10.0. The Kier molecular flexibility index (Phi) is 5.43. The number of hydrogen-bond donors (Lipinski definition) is 1. The normalized spacial score (nSPS) is 12.1. The molecule has 20 heavy (non-hydrogen) atoms. The zero-order valence-corrected chi connectivity index (χ0v) is 13.6. The quantitative estimate of drug-likeness (QED) is 0.754. The first-order chi connectivity index (χ1) is 9.56. The first-order valence-corrected chi connectivity index (χ1v) is 7.72. The van der Waals surface area contributed by atoms with Crippen molar-refractivity contribution in [1.29, 1.82) is 0 Å². The lowest BCUT2D eigenvalue weighted by molar-refractivity contribution is -0.141. The highest BCUT2D eigenvalue weighted by molar-refractivity contribution is 14.1. The van der Waals surface area contributed by atoms with E-state index >= 15 is 0 Å². The number of carbonyl (C=O) groups is 1. The molecular weight excluding hydrogens is 387 g/mol. The van der Waals surface area contributed by atoms with Crippen molar-refractivity contribution in [2.75, 3.05) is 0 Å². The summed E-state index contributed by atoms with van der Waals surface area (Å²) in [6.45, 7) is 0. The summed E-state index contributed by atoms with van der Waals surface area (Å²) in [5.74, 6) is -1.25. The lowest BCUT2D eigenvalue weighted by atomic mass is 9.92. The highest BCUT2D eigenvalue weighted by atomic mass is 127. The third-order valence-electron chi connectivity index (χ3n) is 3.17. The van der Waals surface area contributed by atoms with Crippen molar-refractivity contribution >= 4 is 40.2 Å². The van der Waals surface area contributed by atoms with Gasteiger partial charge in [0.1, 0.15) is 0 Å². The molecule has 0 saturated carbocycles. The summed E-state index contributed by atoms with van der Waals surface area (Å²) >= 11 is 8.34. The van der Waals surface area contributed by atoms with Gasteiger partial charge in [0.2, 0.25) is 0 Å². The van der Waals surface area contributed by atoms with E-state index in [1.54, 1.807) is 6.07 Å². The molecule has 1 atom stereocenters. The molecule has 1 unspecified atom stereocenters. The Morgan fingerprint density at radius 3 is 2.35 bits per heavy atom. The van der Waals surface area contributed by atoms with Gasteiger partial charge >= 0.3 is 5.97 Å². The Bertz CT molecular complexity index is 596. The summed E-state index contributed by atoms with van der Waals surface area (Å²) in [4.78, 5) is 11.4. The highest BCUT2D eigenvalue weighted by Gasteiger charge is 2.19.